The second kappa shape index (κ2) is 6.86. The Kier molecular flexibility index (Phi) is 5.29. The van der Waals surface area contributed by atoms with E-state index in [1.807, 2.05) is 41.5 Å². The minimum Gasteiger partial charge on any atom is -0.444 e. The summed E-state index contributed by atoms with van der Waals surface area (Å²) >= 11 is 0. The number of ether oxygens (including phenoxy) is 1. The van der Waals surface area contributed by atoms with Gasteiger partial charge >= 0.3 is 6.09 Å². The third-order valence-electron chi connectivity index (χ3n) is 3.68. The van der Waals surface area contributed by atoms with E-state index in [9.17, 15) is 4.79 Å². The van der Waals surface area contributed by atoms with Crippen molar-refractivity contribution in [3.63, 3.8) is 0 Å². The number of aromatic nitrogens is 2. The molecule has 0 bridgehead atoms. The Morgan fingerprint density at radius 3 is 2.61 bits per heavy atom. The summed E-state index contributed by atoms with van der Waals surface area (Å²) in [7, 11) is 0. The highest BCUT2D eigenvalue weighted by Gasteiger charge is 2.31. The summed E-state index contributed by atoms with van der Waals surface area (Å²) in [6, 6.07) is 0.0927. The summed E-state index contributed by atoms with van der Waals surface area (Å²) in [4.78, 5) is 20.6. The van der Waals surface area contributed by atoms with Crippen LogP contribution < -0.4 is 0 Å². The van der Waals surface area contributed by atoms with Crippen LogP contribution in [-0.4, -0.2) is 57.3 Å². The highest BCUT2D eigenvalue weighted by molar-refractivity contribution is 5.68. The Morgan fingerprint density at radius 2 is 2.09 bits per heavy atom. The molecule has 1 aromatic rings. The van der Waals surface area contributed by atoms with Gasteiger partial charge in [0.05, 0.1) is 6.54 Å². The molecule has 2 heterocycles. The van der Waals surface area contributed by atoms with E-state index in [0.717, 1.165) is 13.1 Å². The molecule has 0 N–H and O–H groups in total. The van der Waals surface area contributed by atoms with Gasteiger partial charge in [-0.25, -0.2) is 4.79 Å². The van der Waals surface area contributed by atoms with Gasteiger partial charge in [0, 0.05) is 31.6 Å². The van der Waals surface area contributed by atoms with E-state index < -0.39 is 5.60 Å². The van der Waals surface area contributed by atoms with Gasteiger partial charge in [0.1, 0.15) is 5.60 Å². The van der Waals surface area contributed by atoms with E-state index in [0.29, 0.717) is 24.8 Å². The summed E-state index contributed by atoms with van der Waals surface area (Å²) in [5, 5.41) is 4.03. The predicted molar refractivity (Wildman–Crippen MR) is 86.1 cm³/mol. The molecule has 2 rings (SSSR count). The van der Waals surface area contributed by atoms with Gasteiger partial charge in [0.25, 0.3) is 0 Å². The summed E-state index contributed by atoms with van der Waals surface area (Å²) in [6.07, 6.45) is -0.244. The average Bonchev–Trinajstić information content (AvgIpc) is 2.85. The molecule has 0 aromatic carbocycles. The Balaban J connectivity index is 1.89. The van der Waals surface area contributed by atoms with Crippen molar-refractivity contribution in [1.29, 1.82) is 0 Å². The van der Waals surface area contributed by atoms with Gasteiger partial charge in [-0.2, -0.15) is 4.98 Å². The molecule has 1 aliphatic rings. The molecular weight excluding hydrogens is 296 g/mol. The molecule has 0 radical (unpaired) electrons. The zero-order chi connectivity index (χ0) is 17.2. The lowest BCUT2D eigenvalue weighted by atomic mass is 10.2. The highest BCUT2D eigenvalue weighted by atomic mass is 16.6. The van der Waals surface area contributed by atoms with Crippen LogP contribution in [0.4, 0.5) is 4.79 Å². The molecule has 0 saturated carbocycles. The SMILES string of the molecule is CC(C)c1nc(CN2CCN(C(=O)OC(C)(C)C)C(C)C2)no1. The molecule has 1 saturated heterocycles. The van der Waals surface area contributed by atoms with Gasteiger partial charge in [0.2, 0.25) is 5.89 Å². The first-order valence-corrected chi connectivity index (χ1v) is 8.20. The van der Waals surface area contributed by atoms with Gasteiger partial charge in [-0.15, -0.1) is 0 Å². The smallest absolute Gasteiger partial charge is 0.410 e. The molecule has 130 valence electrons. The molecular formula is C16H28N4O3. The third kappa shape index (κ3) is 4.92. The lowest BCUT2D eigenvalue weighted by molar-refractivity contribution is 0.000225. The summed E-state index contributed by atoms with van der Waals surface area (Å²) in [6.45, 7) is 14.6. The molecule has 1 unspecified atom stereocenters. The minimum absolute atomic E-state index is 0.0927. The fourth-order valence-corrected chi connectivity index (χ4v) is 2.53. The topological polar surface area (TPSA) is 71.7 Å². The predicted octanol–water partition coefficient (Wildman–Crippen LogP) is 2.63. The van der Waals surface area contributed by atoms with E-state index in [1.165, 1.54) is 0 Å². The number of nitrogens with zero attached hydrogens (tertiary/aromatic N) is 4. The van der Waals surface area contributed by atoms with Crippen LogP contribution in [0.25, 0.3) is 0 Å². The van der Waals surface area contributed by atoms with Crippen molar-refractivity contribution in [2.45, 2.75) is 65.6 Å². The van der Waals surface area contributed by atoms with Gasteiger partial charge in [-0.05, 0) is 27.7 Å². The van der Waals surface area contributed by atoms with Crippen molar-refractivity contribution in [1.82, 2.24) is 19.9 Å². The molecule has 1 amide bonds. The van der Waals surface area contributed by atoms with Gasteiger partial charge < -0.3 is 14.2 Å². The number of hydrogen-bond acceptors (Lipinski definition) is 6. The molecule has 7 nitrogen and oxygen atoms in total. The number of carbonyl (C=O) groups excluding carboxylic acids is 1. The maximum atomic E-state index is 12.2. The Morgan fingerprint density at radius 1 is 1.39 bits per heavy atom. The number of carbonyl (C=O) groups is 1. The van der Waals surface area contributed by atoms with E-state index in [-0.39, 0.29) is 18.1 Å². The normalized spacial score (nSPS) is 20.1. The second-order valence-corrected chi connectivity index (χ2v) is 7.46. The monoisotopic (exact) mass is 324 g/mol. The maximum Gasteiger partial charge on any atom is 0.410 e. The lowest BCUT2D eigenvalue weighted by Gasteiger charge is -2.39. The molecule has 1 atom stereocenters. The first-order chi connectivity index (χ1) is 10.7. The number of hydrogen-bond donors (Lipinski definition) is 0. The van der Waals surface area contributed by atoms with Crippen molar-refractivity contribution < 1.29 is 14.1 Å². The first kappa shape index (κ1) is 17.7. The lowest BCUT2D eigenvalue weighted by Crippen LogP contribution is -2.54. The van der Waals surface area contributed by atoms with E-state index >= 15 is 0 Å². The average molecular weight is 324 g/mol. The molecule has 7 heteroatoms. The number of amides is 1. The van der Waals surface area contributed by atoms with Crippen LogP contribution in [0.2, 0.25) is 0 Å². The van der Waals surface area contributed by atoms with Crippen LogP contribution in [0.1, 0.15) is 59.2 Å². The zero-order valence-electron chi connectivity index (χ0n) is 15.0. The van der Waals surface area contributed by atoms with Crippen LogP contribution in [0.3, 0.4) is 0 Å². The summed E-state index contributed by atoms with van der Waals surface area (Å²) in [5.74, 6) is 1.60. The largest absolute Gasteiger partial charge is 0.444 e. The highest BCUT2D eigenvalue weighted by Crippen LogP contribution is 2.17. The summed E-state index contributed by atoms with van der Waals surface area (Å²) < 4.78 is 10.7. The molecule has 0 aliphatic carbocycles. The molecule has 23 heavy (non-hydrogen) atoms. The van der Waals surface area contributed by atoms with Crippen LogP contribution in [0.15, 0.2) is 4.52 Å². The minimum atomic E-state index is -0.466. The summed E-state index contributed by atoms with van der Waals surface area (Å²) in [5.41, 5.74) is -0.466. The van der Waals surface area contributed by atoms with Gasteiger partial charge in [-0.3, -0.25) is 4.90 Å². The Labute approximate surface area is 138 Å². The van der Waals surface area contributed by atoms with Crippen LogP contribution in [0.5, 0.6) is 0 Å². The molecule has 1 aromatic heterocycles. The molecule has 1 aliphatic heterocycles. The van der Waals surface area contributed by atoms with Crippen molar-refractivity contribution in [3.05, 3.63) is 11.7 Å². The van der Waals surface area contributed by atoms with Crippen molar-refractivity contribution >= 4 is 6.09 Å². The van der Waals surface area contributed by atoms with Gasteiger partial charge in [-0.1, -0.05) is 19.0 Å². The van der Waals surface area contributed by atoms with Crippen molar-refractivity contribution in [2.75, 3.05) is 19.6 Å². The Hall–Kier alpha value is -1.63. The van der Waals surface area contributed by atoms with Crippen LogP contribution in [0, 0.1) is 0 Å². The standard InChI is InChI=1S/C16H28N4O3/c1-11(2)14-17-13(18-23-14)10-19-7-8-20(12(3)9-19)15(21)22-16(4,5)6/h11-12H,7-10H2,1-6H3. The first-order valence-electron chi connectivity index (χ1n) is 8.20. The van der Waals surface area contributed by atoms with Crippen LogP contribution >= 0.6 is 0 Å². The van der Waals surface area contributed by atoms with Crippen molar-refractivity contribution in [2.24, 2.45) is 0 Å². The fraction of sp³-hybridized carbons (Fsp3) is 0.812. The van der Waals surface area contributed by atoms with E-state index in [2.05, 4.69) is 15.0 Å². The quantitative estimate of drug-likeness (QED) is 0.851. The second-order valence-electron chi connectivity index (χ2n) is 7.46. The third-order valence-corrected chi connectivity index (χ3v) is 3.68. The van der Waals surface area contributed by atoms with E-state index in [4.69, 9.17) is 9.26 Å². The number of piperazine rings is 1. The maximum absolute atomic E-state index is 12.2. The molecule has 1 fully saturated rings. The fourth-order valence-electron chi connectivity index (χ4n) is 2.53. The van der Waals surface area contributed by atoms with Crippen molar-refractivity contribution in [3.8, 4) is 0 Å². The number of rotatable bonds is 3. The molecule has 0 spiro atoms. The zero-order valence-corrected chi connectivity index (χ0v) is 15.0. The van der Waals surface area contributed by atoms with Gasteiger partial charge in [0.15, 0.2) is 5.82 Å². The van der Waals surface area contributed by atoms with E-state index in [1.54, 1.807) is 4.90 Å². The Bertz CT molecular complexity index is 536. The van der Waals surface area contributed by atoms with Crippen LogP contribution in [-0.2, 0) is 11.3 Å².